The lowest BCUT2D eigenvalue weighted by Gasteiger charge is -2.60. The van der Waals surface area contributed by atoms with Crippen molar-refractivity contribution in [2.24, 2.45) is 46.3 Å². The Morgan fingerprint density at radius 3 is 2.50 bits per heavy atom. The molecule has 26 heavy (non-hydrogen) atoms. The van der Waals surface area contributed by atoms with E-state index in [9.17, 15) is 4.79 Å². The SMILES string of the molecule is COC(=O)C[C@H](C)[C@H]1CC[C@H]2[C@@H]3CC[C@@H]4CCCC[C@]4(C)[C@H]3CC[C@]12C. The molecule has 4 fully saturated rings. The summed E-state index contributed by atoms with van der Waals surface area (Å²) in [6, 6.07) is 0. The van der Waals surface area contributed by atoms with Crippen LogP contribution in [0.4, 0.5) is 0 Å². The molecule has 0 radical (unpaired) electrons. The lowest BCUT2D eigenvalue weighted by Crippen LogP contribution is -2.53. The van der Waals surface area contributed by atoms with Gasteiger partial charge in [0.1, 0.15) is 0 Å². The second-order valence-electron chi connectivity index (χ2n) is 10.9. The van der Waals surface area contributed by atoms with E-state index in [1.165, 1.54) is 71.3 Å². The highest BCUT2D eigenvalue weighted by atomic mass is 16.5. The molecule has 0 spiro atoms. The monoisotopic (exact) mass is 360 g/mol. The van der Waals surface area contributed by atoms with Crippen molar-refractivity contribution in [3.05, 3.63) is 0 Å². The van der Waals surface area contributed by atoms with Gasteiger partial charge in [0, 0.05) is 6.42 Å². The molecule has 0 saturated heterocycles. The van der Waals surface area contributed by atoms with Crippen LogP contribution in [0.2, 0.25) is 0 Å². The van der Waals surface area contributed by atoms with Gasteiger partial charge < -0.3 is 4.74 Å². The van der Waals surface area contributed by atoms with Gasteiger partial charge in [0.2, 0.25) is 0 Å². The molecule has 2 heteroatoms. The molecule has 0 aromatic heterocycles. The molecule has 8 atom stereocenters. The van der Waals surface area contributed by atoms with E-state index >= 15 is 0 Å². The normalized spacial score (nSPS) is 48.8. The molecule has 0 amide bonds. The first-order valence-corrected chi connectivity index (χ1v) is 11.5. The highest BCUT2D eigenvalue weighted by molar-refractivity contribution is 5.69. The van der Waals surface area contributed by atoms with Gasteiger partial charge in [0.25, 0.3) is 0 Å². The summed E-state index contributed by atoms with van der Waals surface area (Å²) in [4.78, 5) is 11.8. The lowest BCUT2D eigenvalue weighted by molar-refractivity contribution is -0.143. The van der Waals surface area contributed by atoms with Crippen LogP contribution in [0.5, 0.6) is 0 Å². The Labute approximate surface area is 160 Å². The minimum atomic E-state index is -0.0199. The molecule has 0 aromatic rings. The summed E-state index contributed by atoms with van der Waals surface area (Å²) >= 11 is 0. The lowest BCUT2D eigenvalue weighted by atomic mass is 9.44. The molecule has 4 aliphatic rings. The summed E-state index contributed by atoms with van der Waals surface area (Å²) < 4.78 is 4.97. The third-order valence-electron chi connectivity index (χ3n) is 10.1. The van der Waals surface area contributed by atoms with E-state index in [2.05, 4.69) is 20.8 Å². The van der Waals surface area contributed by atoms with Crippen molar-refractivity contribution in [2.75, 3.05) is 7.11 Å². The van der Waals surface area contributed by atoms with E-state index in [4.69, 9.17) is 4.74 Å². The molecular weight excluding hydrogens is 320 g/mol. The standard InChI is InChI=1S/C24H40O2/c1-16(15-22(25)26-4)19-10-11-20-18-9-8-17-7-5-6-13-23(17,2)21(18)12-14-24(19,20)3/h16-21H,5-15H2,1-4H3/t16-,17-,18-,19+,20-,21-,23-,24+/m0/s1. The van der Waals surface area contributed by atoms with Crippen molar-refractivity contribution in [1.29, 1.82) is 0 Å². The van der Waals surface area contributed by atoms with Crippen molar-refractivity contribution >= 4 is 5.97 Å². The van der Waals surface area contributed by atoms with Crippen LogP contribution in [0.25, 0.3) is 0 Å². The molecule has 0 unspecified atom stereocenters. The molecule has 4 saturated carbocycles. The molecule has 0 bridgehead atoms. The highest BCUT2D eigenvalue weighted by Crippen LogP contribution is 2.68. The van der Waals surface area contributed by atoms with Gasteiger partial charge in [-0.25, -0.2) is 0 Å². The van der Waals surface area contributed by atoms with Gasteiger partial charge in [-0.1, -0.05) is 33.6 Å². The van der Waals surface area contributed by atoms with Crippen molar-refractivity contribution in [3.8, 4) is 0 Å². The second-order valence-corrected chi connectivity index (χ2v) is 10.9. The quantitative estimate of drug-likeness (QED) is 0.557. The Kier molecular flexibility index (Phi) is 4.93. The number of carbonyl (C=O) groups is 1. The van der Waals surface area contributed by atoms with Gasteiger partial charge in [-0.3, -0.25) is 4.79 Å². The number of hydrogen-bond donors (Lipinski definition) is 0. The van der Waals surface area contributed by atoms with E-state index < -0.39 is 0 Å². The van der Waals surface area contributed by atoms with Crippen molar-refractivity contribution in [1.82, 2.24) is 0 Å². The van der Waals surface area contributed by atoms with E-state index in [-0.39, 0.29) is 5.97 Å². The molecule has 148 valence electrons. The zero-order valence-electron chi connectivity index (χ0n) is 17.6. The maximum Gasteiger partial charge on any atom is 0.305 e. The molecule has 4 rings (SSSR count). The summed E-state index contributed by atoms with van der Waals surface area (Å²) in [5, 5.41) is 0. The average molecular weight is 361 g/mol. The summed E-state index contributed by atoms with van der Waals surface area (Å²) in [6.45, 7) is 7.57. The zero-order valence-corrected chi connectivity index (χ0v) is 17.6. The predicted octanol–water partition coefficient (Wildman–Crippen LogP) is 6.23. The Morgan fingerprint density at radius 1 is 0.962 bits per heavy atom. The molecule has 0 heterocycles. The van der Waals surface area contributed by atoms with Crippen LogP contribution in [0.3, 0.4) is 0 Å². The third kappa shape index (κ3) is 2.76. The van der Waals surface area contributed by atoms with Gasteiger partial charge in [-0.15, -0.1) is 0 Å². The van der Waals surface area contributed by atoms with Gasteiger partial charge in [-0.05, 0) is 97.7 Å². The number of rotatable bonds is 3. The van der Waals surface area contributed by atoms with Crippen LogP contribution in [-0.4, -0.2) is 13.1 Å². The van der Waals surface area contributed by atoms with E-state index in [1.807, 2.05) is 0 Å². The number of fused-ring (bicyclic) bond motifs is 5. The third-order valence-corrected chi connectivity index (χ3v) is 10.1. The van der Waals surface area contributed by atoms with Crippen LogP contribution >= 0.6 is 0 Å². The largest absolute Gasteiger partial charge is 0.469 e. The first kappa shape index (κ1) is 18.8. The van der Waals surface area contributed by atoms with Crippen molar-refractivity contribution in [2.45, 2.75) is 91.4 Å². The summed E-state index contributed by atoms with van der Waals surface area (Å²) in [5.74, 6) is 5.02. The maximum atomic E-state index is 11.8. The van der Waals surface area contributed by atoms with Gasteiger partial charge >= 0.3 is 5.97 Å². The fourth-order valence-electron chi connectivity index (χ4n) is 8.76. The Morgan fingerprint density at radius 2 is 1.73 bits per heavy atom. The van der Waals surface area contributed by atoms with Crippen LogP contribution < -0.4 is 0 Å². The van der Waals surface area contributed by atoms with Crippen molar-refractivity contribution in [3.63, 3.8) is 0 Å². The number of carbonyl (C=O) groups excluding carboxylic acids is 1. The van der Waals surface area contributed by atoms with E-state index in [1.54, 1.807) is 0 Å². The molecule has 0 aliphatic heterocycles. The fourth-order valence-corrected chi connectivity index (χ4v) is 8.76. The molecule has 4 aliphatic carbocycles. The number of hydrogen-bond acceptors (Lipinski definition) is 2. The molecule has 0 N–H and O–H groups in total. The van der Waals surface area contributed by atoms with E-state index in [0.717, 1.165) is 23.7 Å². The first-order valence-electron chi connectivity index (χ1n) is 11.5. The van der Waals surface area contributed by atoms with Crippen molar-refractivity contribution < 1.29 is 9.53 Å². The predicted molar refractivity (Wildman–Crippen MR) is 106 cm³/mol. The first-order chi connectivity index (χ1) is 12.4. The fraction of sp³-hybridized carbons (Fsp3) is 0.958. The summed E-state index contributed by atoms with van der Waals surface area (Å²) in [6.07, 6.45) is 15.1. The molecule has 2 nitrogen and oxygen atoms in total. The number of ether oxygens (including phenoxy) is 1. The minimum Gasteiger partial charge on any atom is -0.469 e. The topological polar surface area (TPSA) is 26.3 Å². The Hall–Kier alpha value is -0.530. The van der Waals surface area contributed by atoms with Crippen LogP contribution in [-0.2, 0) is 9.53 Å². The Balaban J connectivity index is 1.53. The second kappa shape index (κ2) is 6.82. The number of esters is 1. The van der Waals surface area contributed by atoms with Gasteiger partial charge in [0.05, 0.1) is 7.11 Å². The minimum absolute atomic E-state index is 0.0199. The maximum absolute atomic E-state index is 11.8. The molecular formula is C24H40O2. The van der Waals surface area contributed by atoms with Gasteiger partial charge in [0.15, 0.2) is 0 Å². The smallest absolute Gasteiger partial charge is 0.305 e. The summed E-state index contributed by atoms with van der Waals surface area (Å²) in [5.41, 5.74) is 1.10. The molecule has 0 aromatic carbocycles. The van der Waals surface area contributed by atoms with Crippen LogP contribution in [0.15, 0.2) is 0 Å². The Bertz CT molecular complexity index is 542. The van der Waals surface area contributed by atoms with E-state index in [0.29, 0.717) is 29.1 Å². The summed E-state index contributed by atoms with van der Waals surface area (Å²) in [7, 11) is 1.53. The highest BCUT2D eigenvalue weighted by Gasteiger charge is 2.60. The van der Waals surface area contributed by atoms with Gasteiger partial charge in [-0.2, -0.15) is 0 Å². The number of methoxy groups -OCH3 is 1. The van der Waals surface area contributed by atoms with Crippen LogP contribution in [0.1, 0.15) is 91.4 Å². The average Bonchev–Trinajstić information content (AvgIpc) is 2.98. The zero-order chi connectivity index (χ0) is 18.5. The van der Waals surface area contributed by atoms with Crippen LogP contribution in [0, 0.1) is 46.3 Å².